The Labute approximate surface area is 202 Å². The van der Waals surface area contributed by atoms with Gasteiger partial charge >= 0.3 is 6.03 Å². The third-order valence-electron chi connectivity index (χ3n) is 6.88. The van der Waals surface area contributed by atoms with Crippen LogP contribution in [0.1, 0.15) is 45.1 Å². The van der Waals surface area contributed by atoms with Gasteiger partial charge in [0, 0.05) is 31.2 Å². The maximum Gasteiger partial charge on any atom is 0.325 e. The van der Waals surface area contributed by atoms with Crippen molar-refractivity contribution in [3.05, 3.63) is 34.9 Å². The molecule has 3 rings (SSSR count). The average Bonchev–Trinajstić information content (AvgIpc) is 3.01. The first-order chi connectivity index (χ1) is 15.6. The van der Waals surface area contributed by atoms with Crippen LogP contribution in [-0.4, -0.2) is 78.4 Å². The number of carbonyl (C=O) groups excluding carboxylic acids is 3. The summed E-state index contributed by atoms with van der Waals surface area (Å²) in [4.78, 5) is 44.5. The first-order valence-electron chi connectivity index (χ1n) is 11.9. The number of likely N-dealkylation sites (tertiary alicyclic amines) is 1. The van der Waals surface area contributed by atoms with Gasteiger partial charge in [-0.15, -0.1) is 0 Å². The number of urea groups is 1. The molecule has 182 valence electrons. The van der Waals surface area contributed by atoms with E-state index in [4.69, 9.17) is 11.6 Å². The van der Waals surface area contributed by atoms with Crippen LogP contribution in [0.3, 0.4) is 0 Å². The smallest absolute Gasteiger partial charge is 0.325 e. The van der Waals surface area contributed by atoms with Gasteiger partial charge in [0.05, 0.1) is 6.42 Å². The van der Waals surface area contributed by atoms with E-state index in [2.05, 4.69) is 19.2 Å². The maximum absolute atomic E-state index is 13.6. The summed E-state index contributed by atoms with van der Waals surface area (Å²) in [5.41, 5.74) is 0.0354. The van der Waals surface area contributed by atoms with Gasteiger partial charge in [-0.05, 0) is 69.3 Å². The summed E-state index contributed by atoms with van der Waals surface area (Å²) in [6.07, 6.45) is 3.22. The van der Waals surface area contributed by atoms with Crippen LogP contribution in [0, 0.1) is 11.8 Å². The lowest BCUT2D eigenvalue weighted by Crippen LogP contribution is -2.57. The number of nitrogens with zero attached hydrogens (tertiary/aromatic N) is 3. The van der Waals surface area contributed by atoms with Gasteiger partial charge in [0.1, 0.15) is 5.54 Å². The summed E-state index contributed by atoms with van der Waals surface area (Å²) in [5.74, 6) is 0.425. The number of benzene rings is 1. The molecule has 0 saturated carbocycles. The lowest BCUT2D eigenvalue weighted by atomic mass is 9.73. The van der Waals surface area contributed by atoms with Crippen LogP contribution in [0.4, 0.5) is 4.79 Å². The number of hydrogen-bond donors (Lipinski definition) is 1. The number of amides is 4. The standard InChI is InChI=1S/C25H37ClN4O3/c1-18(2)8-11-25(23(32)30(24(33)27-25)15-14-28(3)4)20-9-12-29(13-10-20)22(31)17-19-6-5-7-21(26)16-19/h5-7,16,18,20H,8-15,17H2,1-4H3,(H,27,33). The van der Waals surface area contributed by atoms with Crippen LogP contribution in [-0.2, 0) is 16.0 Å². The number of halogens is 1. The minimum Gasteiger partial charge on any atom is -0.342 e. The Morgan fingerprint density at radius 3 is 2.55 bits per heavy atom. The fraction of sp³-hybridized carbons (Fsp3) is 0.640. The monoisotopic (exact) mass is 476 g/mol. The predicted molar refractivity (Wildman–Crippen MR) is 130 cm³/mol. The fourth-order valence-electron chi connectivity index (χ4n) is 4.87. The zero-order chi connectivity index (χ0) is 24.2. The summed E-state index contributed by atoms with van der Waals surface area (Å²) in [6.45, 7) is 6.47. The molecule has 33 heavy (non-hydrogen) atoms. The van der Waals surface area contributed by atoms with Crippen LogP contribution >= 0.6 is 11.6 Å². The second-order valence-electron chi connectivity index (χ2n) is 10.1. The van der Waals surface area contributed by atoms with E-state index in [0.717, 1.165) is 12.0 Å². The fourth-order valence-corrected chi connectivity index (χ4v) is 5.08. The van der Waals surface area contributed by atoms with Crippen molar-refractivity contribution in [2.45, 2.75) is 51.5 Å². The molecular formula is C25H37ClN4O3. The highest BCUT2D eigenvalue weighted by atomic mass is 35.5. The summed E-state index contributed by atoms with van der Waals surface area (Å²) in [7, 11) is 3.86. The third-order valence-corrected chi connectivity index (χ3v) is 7.11. The molecule has 7 nitrogen and oxygen atoms in total. The van der Waals surface area contributed by atoms with E-state index >= 15 is 0 Å². The quantitative estimate of drug-likeness (QED) is 0.554. The molecule has 0 radical (unpaired) electrons. The second kappa shape index (κ2) is 10.9. The Bertz CT molecular complexity index is 867. The Morgan fingerprint density at radius 1 is 1.24 bits per heavy atom. The molecule has 0 bridgehead atoms. The number of carbonyl (C=O) groups is 3. The Balaban J connectivity index is 1.69. The summed E-state index contributed by atoms with van der Waals surface area (Å²) in [5, 5.41) is 3.73. The number of nitrogens with one attached hydrogen (secondary N) is 1. The zero-order valence-corrected chi connectivity index (χ0v) is 21.0. The van der Waals surface area contributed by atoms with Gasteiger partial charge in [0.25, 0.3) is 5.91 Å². The molecule has 1 atom stereocenters. The molecule has 4 amide bonds. The predicted octanol–water partition coefficient (Wildman–Crippen LogP) is 3.41. The molecule has 1 N–H and O–H groups in total. The SMILES string of the molecule is CC(C)CCC1(C2CCN(C(=O)Cc3cccc(Cl)c3)CC2)NC(=O)N(CCN(C)C)C1=O. The minimum atomic E-state index is -0.865. The van der Waals surface area contributed by atoms with E-state index < -0.39 is 5.54 Å². The molecule has 2 saturated heterocycles. The van der Waals surface area contributed by atoms with Crippen molar-refractivity contribution in [1.29, 1.82) is 0 Å². The maximum atomic E-state index is 13.6. The highest BCUT2D eigenvalue weighted by Gasteiger charge is 2.55. The molecule has 2 aliphatic rings. The van der Waals surface area contributed by atoms with E-state index in [1.54, 1.807) is 6.07 Å². The second-order valence-corrected chi connectivity index (χ2v) is 10.5. The van der Waals surface area contributed by atoms with Crippen molar-refractivity contribution in [3.63, 3.8) is 0 Å². The summed E-state index contributed by atoms with van der Waals surface area (Å²) in [6, 6.07) is 7.10. The van der Waals surface area contributed by atoms with E-state index in [-0.39, 0.29) is 23.8 Å². The Kier molecular flexibility index (Phi) is 8.40. The molecule has 0 aromatic heterocycles. The normalized spacial score (nSPS) is 21.9. The van der Waals surface area contributed by atoms with Gasteiger partial charge in [-0.3, -0.25) is 14.5 Å². The molecule has 2 fully saturated rings. The highest BCUT2D eigenvalue weighted by molar-refractivity contribution is 6.30. The van der Waals surface area contributed by atoms with Gasteiger partial charge in [-0.2, -0.15) is 0 Å². The van der Waals surface area contributed by atoms with Gasteiger partial charge < -0.3 is 15.1 Å². The Hall–Kier alpha value is -2.12. The Morgan fingerprint density at radius 2 is 1.94 bits per heavy atom. The van der Waals surface area contributed by atoms with E-state index in [9.17, 15) is 14.4 Å². The lowest BCUT2D eigenvalue weighted by molar-refractivity contribution is -0.136. The van der Waals surface area contributed by atoms with E-state index in [1.807, 2.05) is 42.1 Å². The summed E-state index contributed by atoms with van der Waals surface area (Å²) < 4.78 is 0. The van der Waals surface area contributed by atoms with Crippen molar-refractivity contribution in [2.75, 3.05) is 40.3 Å². The van der Waals surface area contributed by atoms with E-state index in [0.29, 0.717) is 62.8 Å². The molecule has 1 aromatic carbocycles. The van der Waals surface area contributed by atoms with Crippen molar-refractivity contribution >= 4 is 29.4 Å². The molecule has 1 unspecified atom stereocenters. The first-order valence-corrected chi connectivity index (χ1v) is 12.3. The van der Waals surface area contributed by atoms with Crippen molar-refractivity contribution in [3.8, 4) is 0 Å². The van der Waals surface area contributed by atoms with Crippen molar-refractivity contribution in [2.24, 2.45) is 11.8 Å². The van der Waals surface area contributed by atoms with Crippen molar-refractivity contribution in [1.82, 2.24) is 20.0 Å². The van der Waals surface area contributed by atoms with Crippen LogP contribution in [0.15, 0.2) is 24.3 Å². The van der Waals surface area contributed by atoms with Gasteiger partial charge in [-0.1, -0.05) is 37.6 Å². The molecule has 2 heterocycles. The van der Waals surface area contributed by atoms with Crippen LogP contribution in [0.5, 0.6) is 0 Å². The van der Waals surface area contributed by atoms with Gasteiger partial charge in [-0.25, -0.2) is 4.79 Å². The number of hydrogen-bond acceptors (Lipinski definition) is 4. The number of rotatable bonds is 9. The van der Waals surface area contributed by atoms with Crippen molar-refractivity contribution < 1.29 is 14.4 Å². The largest absolute Gasteiger partial charge is 0.342 e. The van der Waals surface area contributed by atoms with E-state index in [1.165, 1.54) is 4.90 Å². The number of likely N-dealkylation sites (N-methyl/N-ethyl adjacent to an activating group) is 1. The minimum absolute atomic E-state index is 0.0206. The molecule has 0 aliphatic carbocycles. The van der Waals surface area contributed by atoms with Crippen LogP contribution in [0.25, 0.3) is 0 Å². The average molecular weight is 477 g/mol. The van der Waals surface area contributed by atoms with Crippen LogP contribution < -0.4 is 5.32 Å². The van der Waals surface area contributed by atoms with Gasteiger partial charge in [0.15, 0.2) is 0 Å². The lowest BCUT2D eigenvalue weighted by Gasteiger charge is -2.41. The molecule has 1 aromatic rings. The van der Waals surface area contributed by atoms with Gasteiger partial charge in [0.2, 0.25) is 5.91 Å². The third kappa shape index (κ3) is 6.07. The number of imide groups is 1. The highest BCUT2D eigenvalue weighted by Crippen LogP contribution is 2.38. The first kappa shape index (κ1) is 25.5. The topological polar surface area (TPSA) is 73.0 Å². The molecule has 2 aliphatic heterocycles. The number of piperidine rings is 1. The summed E-state index contributed by atoms with van der Waals surface area (Å²) >= 11 is 6.05. The van der Waals surface area contributed by atoms with Crippen LogP contribution in [0.2, 0.25) is 5.02 Å². The zero-order valence-electron chi connectivity index (χ0n) is 20.3. The molecule has 8 heteroatoms. The molecular weight excluding hydrogens is 440 g/mol. The molecule has 0 spiro atoms.